The van der Waals surface area contributed by atoms with E-state index in [2.05, 4.69) is 23.3 Å². The molecule has 1 heterocycles. The smallest absolute Gasteiger partial charge is 0.0477 e. The molecular weight excluding hydrogens is 174 g/mol. The summed E-state index contributed by atoms with van der Waals surface area (Å²) in [5.41, 5.74) is 8.81. The molecule has 0 unspecified atom stereocenters. The third-order valence-electron chi connectivity index (χ3n) is 2.27. The Bertz CT molecular complexity index is 431. The molecule has 3 heteroatoms. The van der Waals surface area contributed by atoms with Gasteiger partial charge < -0.3 is 16.0 Å². The highest BCUT2D eigenvalue weighted by atomic mass is 14.9. The number of H-pyrrole nitrogens is 1. The highest BCUT2D eigenvalue weighted by Gasteiger charge is 1.99. The Labute approximate surface area is 83.3 Å². The van der Waals surface area contributed by atoms with Crippen LogP contribution >= 0.6 is 0 Å². The van der Waals surface area contributed by atoms with Crippen molar-refractivity contribution in [1.82, 2.24) is 10.3 Å². The minimum atomic E-state index is 0.800. The van der Waals surface area contributed by atoms with Crippen LogP contribution in [0.4, 0.5) is 5.69 Å². The van der Waals surface area contributed by atoms with Gasteiger partial charge >= 0.3 is 0 Å². The number of benzene rings is 1. The van der Waals surface area contributed by atoms with Crippen molar-refractivity contribution in [3.63, 3.8) is 0 Å². The van der Waals surface area contributed by atoms with Gasteiger partial charge in [0.25, 0.3) is 0 Å². The van der Waals surface area contributed by atoms with Crippen LogP contribution in [0.3, 0.4) is 0 Å². The van der Waals surface area contributed by atoms with Crippen LogP contribution in [0.2, 0.25) is 0 Å². The summed E-state index contributed by atoms with van der Waals surface area (Å²) in [5.74, 6) is 0. The number of hydrogen-bond donors (Lipinski definition) is 3. The van der Waals surface area contributed by atoms with Gasteiger partial charge in [-0.1, -0.05) is 13.0 Å². The van der Waals surface area contributed by atoms with Crippen LogP contribution in [0.15, 0.2) is 24.3 Å². The fourth-order valence-corrected chi connectivity index (χ4v) is 1.56. The lowest BCUT2D eigenvalue weighted by Crippen LogP contribution is -2.11. The first kappa shape index (κ1) is 9.09. The Morgan fingerprint density at radius 3 is 3.00 bits per heavy atom. The van der Waals surface area contributed by atoms with E-state index in [0.717, 1.165) is 24.3 Å². The van der Waals surface area contributed by atoms with E-state index in [1.54, 1.807) is 0 Å². The van der Waals surface area contributed by atoms with Crippen molar-refractivity contribution < 1.29 is 0 Å². The molecule has 0 amide bonds. The van der Waals surface area contributed by atoms with E-state index in [-0.39, 0.29) is 0 Å². The molecule has 0 atom stereocenters. The van der Waals surface area contributed by atoms with Gasteiger partial charge in [0, 0.05) is 23.4 Å². The summed E-state index contributed by atoms with van der Waals surface area (Å²) >= 11 is 0. The molecule has 0 aliphatic heterocycles. The lowest BCUT2D eigenvalue weighted by Gasteiger charge is -1.96. The van der Waals surface area contributed by atoms with E-state index >= 15 is 0 Å². The molecule has 0 radical (unpaired) electrons. The van der Waals surface area contributed by atoms with Gasteiger partial charge in [-0.3, -0.25) is 0 Å². The van der Waals surface area contributed by atoms with E-state index in [1.165, 1.54) is 11.1 Å². The maximum absolute atomic E-state index is 5.70. The number of fused-ring (bicyclic) bond motifs is 1. The highest BCUT2D eigenvalue weighted by molar-refractivity contribution is 5.83. The zero-order chi connectivity index (χ0) is 9.97. The van der Waals surface area contributed by atoms with Crippen molar-refractivity contribution in [1.29, 1.82) is 0 Å². The maximum Gasteiger partial charge on any atom is 0.0477 e. The monoisotopic (exact) mass is 189 g/mol. The number of nitrogen functional groups attached to an aromatic ring is 1. The van der Waals surface area contributed by atoms with Crippen LogP contribution in [0.25, 0.3) is 10.9 Å². The fourth-order valence-electron chi connectivity index (χ4n) is 1.56. The molecule has 0 fully saturated rings. The Morgan fingerprint density at radius 1 is 1.36 bits per heavy atom. The van der Waals surface area contributed by atoms with Gasteiger partial charge in [0.05, 0.1) is 0 Å². The number of rotatable bonds is 3. The number of nitrogens with two attached hydrogens (primary N) is 1. The Kier molecular flexibility index (Phi) is 2.41. The van der Waals surface area contributed by atoms with Gasteiger partial charge in [0.1, 0.15) is 0 Å². The number of aromatic amines is 1. The summed E-state index contributed by atoms with van der Waals surface area (Å²) in [6.45, 7) is 3.96. The standard InChI is InChI=1S/C11H15N3/c1-2-13-7-10-5-8-3-4-9(12)6-11(8)14-10/h3-6,13-14H,2,7,12H2,1H3. The third-order valence-corrected chi connectivity index (χ3v) is 2.27. The zero-order valence-corrected chi connectivity index (χ0v) is 8.30. The van der Waals surface area contributed by atoms with Crippen LogP contribution < -0.4 is 11.1 Å². The minimum Gasteiger partial charge on any atom is -0.399 e. The Hall–Kier alpha value is -1.48. The average Bonchev–Trinajstić information content (AvgIpc) is 2.56. The van der Waals surface area contributed by atoms with Crippen LogP contribution in [0, 0.1) is 0 Å². The lowest BCUT2D eigenvalue weighted by atomic mass is 10.2. The predicted octanol–water partition coefficient (Wildman–Crippen LogP) is 1.86. The molecule has 0 bridgehead atoms. The fraction of sp³-hybridized carbons (Fsp3) is 0.273. The van der Waals surface area contributed by atoms with Gasteiger partial charge in [-0.2, -0.15) is 0 Å². The summed E-state index contributed by atoms with van der Waals surface area (Å²) in [6.07, 6.45) is 0. The SMILES string of the molecule is CCNCc1cc2ccc(N)cc2[nH]1. The molecule has 3 nitrogen and oxygen atoms in total. The molecule has 1 aromatic heterocycles. The molecule has 0 saturated carbocycles. The highest BCUT2D eigenvalue weighted by Crippen LogP contribution is 2.17. The van der Waals surface area contributed by atoms with E-state index in [4.69, 9.17) is 5.73 Å². The van der Waals surface area contributed by atoms with Gasteiger partial charge in [-0.25, -0.2) is 0 Å². The van der Waals surface area contributed by atoms with E-state index in [1.807, 2.05) is 18.2 Å². The molecule has 1 aromatic carbocycles. The number of aromatic nitrogens is 1. The van der Waals surface area contributed by atoms with Crippen molar-refractivity contribution in [2.24, 2.45) is 0 Å². The van der Waals surface area contributed by atoms with E-state index in [0.29, 0.717) is 0 Å². The summed E-state index contributed by atoms with van der Waals surface area (Å²) in [5, 5.41) is 4.49. The average molecular weight is 189 g/mol. The van der Waals surface area contributed by atoms with Crippen LogP contribution in [0.1, 0.15) is 12.6 Å². The summed E-state index contributed by atoms with van der Waals surface area (Å²) in [7, 11) is 0. The van der Waals surface area contributed by atoms with Crippen molar-refractivity contribution in [3.8, 4) is 0 Å². The number of anilines is 1. The molecule has 0 spiro atoms. The van der Waals surface area contributed by atoms with Crippen LogP contribution in [-0.2, 0) is 6.54 Å². The molecule has 2 rings (SSSR count). The molecule has 0 saturated heterocycles. The van der Waals surface area contributed by atoms with Crippen molar-refractivity contribution in [2.45, 2.75) is 13.5 Å². The second-order valence-corrected chi connectivity index (χ2v) is 3.42. The quantitative estimate of drug-likeness (QED) is 0.645. The first-order valence-electron chi connectivity index (χ1n) is 4.87. The van der Waals surface area contributed by atoms with Gasteiger partial charge in [-0.05, 0) is 30.1 Å². The predicted molar refractivity (Wildman–Crippen MR) is 60.1 cm³/mol. The Balaban J connectivity index is 2.32. The van der Waals surface area contributed by atoms with Crippen molar-refractivity contribution in [3.05, 3.63) is 30.0 Å². The molecule has 2 aromatic rings. The summed E-state index contributed by atoms with van der Waals surface area (Å²) < 4.78 is 0. The summed E-state index contributed by atoms with van der Waals surface area (Å²) in [4.78, 5) is 3.33. The second-order valence-electron chi connectivity index (χ2n) is 3.42. The summed E-state index contributed by atoms with van der Waals surface area (Å²) in [6, 6.07) is 8.08. The first-order valence-corrected chi connectivity index (χ1v) is 4.87. The molecule has 0 aliphatic carbocycles. The van der Waals surface area contributed by atoms with Gasteiger partial charge in [0.15, 0.2) is 0 Å². The van der Waals surface area contributed by atoms with Crippen LogP contribution in [0.5, 0.6) is 0 Å². The third kappa shape index (κ3) is 1.72. The van der Waals surface area contributed by atoms with Crippen molar-refractivity contribution >= 4 is 16.6 Å². The van der Waals surface area contributed by atoms with Gasteiger partial charge in [0.2, 0.25) is 0 Å². The topological polar surface area (TPSA) is 53.8 Å². The number of hydrogen-bond acceptors (Lipinski definition) is 2. The molecule has 14 heavy (non-hydrogen) atoms. The van der Waals surface area contributed by atoms with Crippen molar-refractivity contribution in [2.75, 3.05) is 12.3 Å². The van der Waals surface area contributed by atoms with E-state index in [9.17, 15) is 0 Å². The minimum absolute atomic E-state index is 0.800. The lowest BCUT2D eigenvalue weighted by molar-refractivity contribution is 0.715. The van der Waals surface area contributed by atoms with Crippen LogP contribution in [-0.4, -0.2) is 11.5 Å². The number of nitrogens with one attached hydrogen (secondary N) is 2. The maximum atomic E-state index is 5.70. The second kappa shape index (κ2) is 3.72. The normalized spacial score (nSPS) is 10.9. The largest absolute Gasteiger partial charge is 0.399 e. The van der Waals surface area contributed by atoms with E-state index < -0.39 is 0 Å². The molecule has 4 N–H and O–H groups in total. The molecule has 0 aliphatic rings. The zero-order valence-electron chi connectivity index (χ0n) is 8.30. The molecular formula is C11H15N3. The first-order chi connectivity index (χ1) is 6.79. The molecule has 74 valence electrons. The van der Waals surface area contributed by atoms with Gasteiger partial charge in [-0.15, -0.1) is 0 Å². The Morgan fingerprint density at radius 2 is 2.21 bits per heavy atom.